The Labute approximate surface area is 90.6 Å². The van der Waals surface area contributed by atoms with Crippen LogP contribution in [0.1, 0.15) is 24.7 Å². The molecule has 0 aliphatic carbocycles. The molecule has 1 aromatic heterocycles. The molecule has 1 atom stereocenters. The molecule has 6 nitrogen and oxygen atoms in total. The van der Waals surface area contributed by atoms with E-state index in [1.165, 1.54) is 6.33 Å². The van der Waals surface area contributed by atoms with Crippen molar-refractivity contribution >= 4 is 23.4 Å². The molecule has 0 radical (unpaired) electrons. The van der Waals surface area contributed by atoms with Gasteiger partial charge in [-0.1, -0.05) is 0 Å². The van der Waals surface area contributed by atoms with Crippen LogP contribution in [0.4, 0.5) is 0 Å². The molecule has 1 aliphatic heterocycles. The Hall–Kier alpha value is -1.43. The molecule has 1 unspecified atom stereocenters. The molecule has 2 heterocycles. The van der Waals surface area contributed by atoms with Crippen molar-refractivity contribution in [3.8, 4) is 0 Å². The summed E-state index contributed by atoms with van der Waals surface area (Å²) in [6.45, 7) is 0. The van der Waals surface area contributed by atoms with Crippen LogP contribution >= 0.6 is 11.6 Å². The summed E-state index contributed by atoms with van der Waals surface area (Å²) >= 11 is 5.65. The van der Waals surface area contributed by atoms with E-state index in [-0.39, 0.29) is 17.7 Å². The first-order valence-corrected chi connectivity index (χ1v) is 5.04. The number of amides is 2. The summed E-state index contributed by atoms with van der Waals surface area (Å²) in [4.78, 5) is 22.5. The van der Waals surface area contributed by atoms with Gasteiger partial charge in [-0.3, -0.25) is 14.9 Å². The van der Waals surface area contributed by atoms with Crippen LogP contribution in [0.3, 0.4) is 0 Å². The molecule has 1 saturated heterocycles. The molecule has 0 saturated carbocycles. The second-order valence-electron chi connectivity index (χ2n) is 3.25. The van der Waals surface area contributed by atoms with Crippen molar-refractivity contribution in [3.05, 3.63) is 12.2 Å². The second kappa shape index (κ2) is 3.98. The highest BCUT2D eigenvalue weighted by atomic mass is 35.5. The number of carbonyl (C=O) groups is 2. The molecule has 2 rings (SSSR count). The van der Waals surface area contributed by atoms with Gasteiger partial charge in [-0.2, -0.15) is 0 Å². The highest BCUT2D eigenvalue weighted by Crippen LogP contribution is 2.19. The lowest BCUT2D eigenvalue weighted by Gasteiger charge is -2.22. The van der Waals surface area contributed by atoms with Gasteiger partial charge in [-0.05, 0) is 6.42 Å². The van der Waals surface area contributed by atoms with Gasteiger partial charge in [-0.25, -0.2) is 0 Å². The molecular weight excluding hydrogens is 220 g/mol. The largest absolute Gasteiger partial charge is 0.304 e. The summed E-state index contributed by atoms with van der Waals surface area (Å²) in [5, 5.41) is 9.74. The minimum absolute atomic E-state index is 0.192. The van der Waals surface area contributed by atoms with E-state index in [1.807, 2.05) is 0 Å². The standard InChI is InChI=1S/C8H9ClN4O2/c9-3-6-12-10-4-13(6)5-1-2-7(14)11-8(5)15/h4-5H,1-3H2,(H,11,14,15). The number of nitrogens with one attached hydrogen (secondary N) is 1. The first-order chi connectivity index (χ1) is 7.22. The van der Waals surface area contributed by atoms with Crippen LogP contribution in [0.15, 0.2) is 6.33 Å². The van der Waals surface area contributed by atoms with E-state index in [0.717, 1.165) is 0 Å². The lowest BCUT2D eigenvalue weighted by atomic mass is 10.1. The van der Waals surface area contributed by atoms with Gasteiger partial charge >= 0.3 is 0 Å². The molecule has 80 valence electrons. The van der Waals surface area contributed by atoms with Crippen LogP contribution in [0.25, 0.3) is 0 Å². The number of alkyl halides is 1. The summed E-state index contributed by atoms with van der Waals surface area (Å²) in [7, 11) is 0. The number of hydrogen-bond acceptors (Lipinski definition) is 4. The van der Waals surface area contributed by atoms with E-state index in [4.69, 9.17) is 11.6 Å². The van der Waals surface area contributed by atoms with Crippen LogP contribution in [0.2, 0.25) is 0 Å². The minimum Gasteiger partial charge on any atom is -0.304 e. The van der Waals surface area contributed by atoms with E-state index >= 15 is 0 Å². The van der Waals surface area contributed by atoms with Gasteiger partial charge in [-0.15, -0.1) is 21.8 Å². The number of aromatic nitrogens is 3. The predicted molar refractivity (Wildman–Crippen MR) is 51.0 cm³/mol. The van der Waals surface area contributed by atoms with Crippen molar-refractivity contribution in [2.75, 3.05) is 0 Å². The Morgan fingerprint density at radius 3 is 3.07 bits per heavy atom. The van der Waals surface area contributed by atoms with Gasteiger partial charge in [0, 0.05) is 6.42 Å². The zero-order valence-electron chi connectivity index (χ0n) is 7.81. The molecule has 2 amide bonds. The molecule has 15 heavy (non-hydrogen) atoms. The maximum absolute atomic E-state index is 11.5. The van der Waals surface area contributed by atoms with Crippen LogP contribution in [0, 0.1) is 0 Å². The minimum atomic E-state index is -0.425. The van der Waals surface area contributed by atoms with Crippen molar-refractivity contribution in [1.29, 1.82) is 0 Å². The summed E-state index contributed by atoms with van der Waals surface area (Å²) in [5.74, 6) is 0.165. The number of halogens is 1. The lowest BCUT2D eigenvalue weighted by molar-refractivity contribution is -0.135. The first-order valence-electron chi connectivity index (χ1n) is 4.50. The average molecular weight is 229 g/mol. The van der Waals surface area contributed by atoms with Gasteiger partial charge in [0.2, 0.25) is 11.8 Å². The Bertz CT molecular complexity index is 403. The topological polar surface area (TPSA) is 76.9 Å². The number of imide groups is 1. The van der Waals surface area contributed by atoms with Crippen LogP contribution in [-0.4, -0.2) is 26.6 Å². The molecular formula is C8H9ClN4O2. The molecule has 1 aromatic rings. The SMILES string of the molecule is O=C1CCC(n2cnnc2CCl)C(=O)N1. The maximum Gasteiger partial charge on any atom is 0.249 e. The molecule has 1 N–H and O–H groups in total. The predicted octanol–water partition coefficient (Wildman–Crippen LogP) is -0.00540. The van der Waals surface area contributed by atoms with Crippen molar-refractivity contribution < 1.29 is 9.59 Å². The summed E-state index contributed by atoms with van der Waals surface area (Å²) < 4.78 is 1.61. The summed E-state index contributed by atoms with van der Waals surface area (Å²) in [5.41, 5.74) is 0. The van der Waals surface area contributed by atoms with Crippen molar-refractivity contribution in [1.82, 2.24) is 20.1 Å². The molecule has 0 aromatic carbocycles. The third-order valence-corrected chi connectivity index (χ3v) is 2.55. The third-order valence-electron chi connectivity index (χ3n) is 2.31. The van der Waals surface area contributed by atoms with Crippen molar-refractivity contribution in [3.63, 3.8) is 0 Å². The van der Waals surface area contributed by atoms with E-state index < -0.39 is 6.04 Å². The highest BCUT2D eigenvalue weighted by Gasteiger charge is 2.29. The summed E-state index contributed by atoms with van der Waals surface area (Å²) in [6, 6.07) is -0.425. The Kier molecular flexibility index (Phi) is 2.68. The Morgan fingerprint density at radius 2 is 2.40 bits per heavy atom. The van der Waals surface area contributed by atoms with Gasteiger partial charge < -0.3 is 4.57 Å². The zero-order chi connectivity index (χ0) is 10.8. The normalized spacial score (nSPS) is 21.5. The second-order valence-corrected chi connectivity index (χ2v) is 3.52. The fourth-order valence-electron chi connectivity index (χ4n) is 1.57. The number of hydrogen-bond donors (Lipinski definition) is 1. The van der Waals surface area contributed by atoms with E-state index in [2.05, 4.69) is 15.5 Å². The Morgan fingerprint density at radius 1 is 1.60 bits per heavy atom. The zero-order valence-corrected chi connectivity index (χ0v) is 8.57. The van der Waals surface area contributed by atoms with Gasteiger partial charge in [0.15, 0.2) is 0 Å². The third kappa shape index (κ3) is 1.85. The molecule has 0 spiro atoms. The fraction of sp³-hybridized carbons (Fsp3) is 0.500. The van der Waals surface area contributed by atoms with E-state index in [1.54, 1.807) is 4.57 Å². The Balaban J connectivity index is 2.24. The maximum atomic E-state index is 11.5. The van der Waals surface area contributed by atoms with Crippen LogP contribution < -0.4 is 5.32 Å². The number of nitrogens with zero attached hydrogens (tertiary/aromatic N) is 3. The molecule has 1 aliphatic rings. The molecule has 7 heteroatoms. The first kappa shape index (κ1) is 10.1. The fourth-order valence-corrected chi connectivity index (χ4v) is 1.76. The number of rotatable bonds is 2. The van der Waals surface area contributed by atoms with Crippen LogP contribution in [0.5, 0.6) is 0 Å². The quantitative estimate of drug-likeness (QED) is 0.571. The number of piperidine rings is 1. The lowest BCUT2D eigenvalue weighted by Crippen LogP contribution is -2.41. The molecule has 1 fully saturated rings. The van der Waals surface area contributed by atoms with E-state index in [0.29, 0.717) is 18.7 Å². The summed E-state index contributed by atoms with van der Waals surface area (Å²) in [6.07, 6.45) is 2.25. The average Bonchev–Trinajstić information content (AvgIpc) is 2.65. The smallest absolute Gasteiger partial charge is 0.249 e. The monoisotopic (exact) mass is 228 g/mol. The van der Waals surface area contributed by atoms with Gasteiger partial charge in [0.05, 0.1) is 5.88 Å². The van der Waals surface area contributed by atoms with Gasteiger partial charge in [0.25, 0.3) is 0 Å². The van der Waals surface area contributed by atoms with Crippen molar-refractivity contribution in [2.24, 2.45) is 0 Å². The van der Waals surface area contributed by atoms with E-state index in [9.17, 15) is 9.59 Å². The highest BCUT2D eigenvalue weighted by molar-refractivity contribution is 6.16. The van der Waals surface area contributed by atoms with Gasteiger partial charge in [0.1, 0.15) is 18.2 Å². The molecule has 0 bridgehead atoms. The number of carbonyl (C=O) groups excluding carboxylic acids is 2. The van der Waals surface area contributed by atoms with Crippen LogP contribution in [-0.2, 0) is 15.5 Å². The van der Waals surface area contributed by atoms with Crippen molar-refractivity contribution in [2.45, 2.75) is 24.8 Å².